The molecule has 2 aliphatic rings. The number of ether oxygens (including phenoxy) is 1. The third kappa shape index (κ3) is 3.85. The van der Waals surface area contributed by atoms with E-state index in [9.17, 15) is 4.79 Å². The fourth-order valence-electron chi connectivity index (χ4n) is 4.67. The molecule has 1 aromatic carbocycles. The minimum atomic E-state index is -0.147. The van der Waals surface area contributed by atoms with Crippen LogP contribution in [0.2, 0.25) is 0 Å². The van der Waals surface area contributed by atoms with Crippen molar-refractivity contribution >= 4 is 39.1 Å². The lowest BCUT2D eigenvalue weighted by Gasteiger charge is -2.26. The summed E-state index contributed by atoms with van der Waals surface area (Å²) in [5.41, 5.74) is 3.14. The Morgan fingerprint density at radius 1 is 1.28 bits per heavy atom. The number of carbonyl (C=O) groups is 1. The normalized spacial score (nSPS) is 21.1. The van der Waals surface area contributed by atoms with Crippen LogP contribution in [0.1, 0.15) is 41.6 Å². The Bertz CT molecular complexity index is 1130. The second-order valence-electron chi connectivity index (χ2n) is 8.75. The summed E-state index contributed by atoms with van der Waals surface area (Å²) < 4.78 is 5.39. The maximum Gasteiger partial charge on any atom is 0.280 e. The number of hydrogen-bond donors (Lipinski definition) is 2. The Balaban J connectivity index is 1.48. The Hall–Kier alpha value is -2.62. The van der Waals surface area contributed by atoms with Crippen molar-refractivity contribution < 1.29 is 9.53 Å². The van der Waals surface area contributed by atoms with Gasteiger partial charge in [-0.3, -0.25) is 4.79 Å². The van der Waals surface area contributed by atoms with Gasteiger partial charge in [-0.05, 0) is 44.5 Å². The van der Waals surface area contributed by atoms with Crippen LogP contribution in [0.25, 0.3) is 10.3 Å². The van der Waals surface area contributed by atoms with Crippen LogP contribution in [0.4, 0.5) is 11.5 Å². The average Bonchev–Trinajstić information content (AvgIpc) is 3.39. The SMILES string of the molecule is CNCCC1(C)CN(c2ncnc3sc(C(=O)NC4CCOCC4)nc23)c2ccccc21. The molecule has 1 saturated heterocycles. The van der Waals surface area contributed by atoms with Crippen LogP contribution < -0.4 is 15.5 Å². The summed E-state index contributed by atoms with van der Waals surface area (Å²) in [6, 6.07) is 8.63. The maximum absolute atomic E-state index is 12.9. The predicted molar refractivity (Wildman–Crippen MR) is 126 cm³/mol. The summed E-state index contributed by atoms with van der Waals surface area (Å²) in [6.07, 6.45) is 4.25. The summed E-state index contributed by atoms with van der Waals surface area (Å²) in [5.74, 6) is 0.614. The lowest BCUT2D eigenvalue weighted by molar-refractivity contribution is 0.0696. The fourth-order valence-corrected chi connectivity index (χ4v) is 5.47. The van der Waals surface area contributed by atoms with Gasteiger partial charge in [-0.25, -0.2) is 15.0 Å². The molecule has 2 aliphatic heterocycles. The van der Waals surface area contributed by atoms with Crippen molar-refractivity contribution in [3.8, 4) is 0 Å². The number of aromatic nitrogens is 3. The number of thiazole rings is 1. The highest BCUT2D eigenvalue weighted by Gasteiger charge is 2.40. The van der Waals surface area contributed by atoms with E-state index in [0.717, 1.165) is 48.7 Å². The van der Waals surface area contributed by atoms with Crippen molar-refractivity contribution in [3.05, 3.63) is 41.2 Å². The largest absolute Gasteiger partial charge is 0.381 e. The van der Waals surface area contributed by atoms with Crippen molar-refractivity contribution in [2.45, 2.75) is 37.6 Å². The van der Waals surface area contributed by atoms with E-state index in [2.05, 4.69) is 56.7 Å². The third-order valence-electron chi connectivity index (χ3n) is 6.46. The van der Waals surface area contributed by atoms with Crippen LogP contribution in [0.5, 0.6) is 0 Å². The van der Waals surface area contributed by atoms with Crippen LogP contribution in [0.3, 0.4) is 0 Å². The molecule has 32 heavy (non-hydrogen) atoms. The van der Waals surface area contributed by atoms with Gasteiger partial charge in [0.25, 0.3) is 5.91 Å². The third-order valence-corrected chi connectivity index (χ3v) is 7.42. The molecule has 0 spiro atoms. The first-order chi connectivity index (χ1) is 15.6. The van der Waals surface area contributed by atoms with Gasteiger partial charge in [0.05, 0.1) is 0 Å². The van der Waals surface area contributed by atoms with Crippen molar-refractivity contribution in [2.24, 2.45) is 0 Å². The zero-order chi connectivity index (χ0) is 22.1. The van der Waals surface area contributed by atoms with E-state index in [0.29, 0.717) is 23.7 Å². The molecule has 3 aromatic rings. The molecule has 9 heteroatoms. The smallest absolute Gasteiger partial charge is 0.280 e. The standard InChI is InChI=1S/C23H28N6O2S/c1-23(9-10-24-2)13-29(17-6-4-3-5-16(17)23)19-18-21(26-14-25-19)32-22(28-18)20(30)27-15-7-11-31-12-8-15/h3-6,14-15,24H,7-13H2,1-2H3,(H,27,30). The summed E-state index contributed by atoms with van der Waals surface area (Å²) in [5, 5.41) is 6.80. The van der Waals surface area contributed by atoms with Gasteiger partial charge in [-0.1, -0.05) is 36.5 Å². The Morgan fingerprint density at radius 2 is 2.09 bits per heavy atom. The molecule has 168 valence electrons. The number of hydrogen-bond acceptors (Lipinski definition) is 8. The minimum Gasteiger partial charge on any atom is -0.381 e. The second-order valence-corrected chi connectivity index (χ2v) is 9.73. The number of fused-ring (bicyclic) bond motifs is 2. The number of nitrogens with one attached hydrogen (secondary N) is 2. The Morgan fingerprint density at radius 3 is 2.91 bits per heavy atom. The highest BCUT2D eigenvalue weighted by atomic mass is 32.1. The molecule has 5 rings (SSSR count). The number of rotatable bonds is 6. The molecule has 1 fully saturated rings. The van der Waals surface area contributed by atoms with Crippen LogP contribution in [-0.4, -0.2) is 60.3 Å². The van der Waals surface area contributed by atoms with Crippen molar-refractivity contribution in [1.82, 2.24) is 25.6 Å². The quantitative estimate of drug-likeness (QED) is 0.594. The van der Waals surface area contributed by atoms with Crippen molar-refractivity contribution in [3.63, 3.8) is 0 Å². The van der Waals surface area contributed by atoms with Gasteiger partial charge in [-0.2, -0.15) is 0 Å². The van der Waals surface area contributed by atoms with E-state index in [1.54, 1.807) is 6.33 Å². The molecule has 8 nitrogen and oxygen atoms in total. The molecular weight excluding hydrogens is 424 g/mol. The number of anilines is 2. The lowest BCUT2D eigenvalue weighted by Crippen LogP contribution is -2.38. The maximum atomic E-state index is 12.9. The molecule has 4 heterocycles. The van der Waals surface area contributed by atoms with Crippen LogP contribution in [-0.2, 0) is 10.2 Å². The molecule has 0 bridgehead atoms. The second kappa shape index (κ2) is 8.73. The lowest BCUT2D eigenvalue weighted by atomic mass is 9.81. The molecule has 1 atom stereocenters. The van der Waals surface area contributed by atoms with Gasteiger partial charge in [0.15, 0.2) is 10.8 Å². The number of nitrogens with zero attached hydrogens (tertiary/aromatic N) is 4. The number of benzene rings is 1. The molecular formula is C23H28N6O2S. The van der Waals surface area contributed by atoms with Gasteiger partial charge in [0.2, 0.25) is 0 Å². The van der Waals surface area contributed by atoms with Gasteiger partial charge < -0.3 is 20.3 Å². The van der Waals surface area contributed by atoms with E-state index >= 15 is 0 Å². The molecule has 1 amide bonds. The topological polar surface area (TPSA) is 92.3 Å². The molecule has 2 aromatic heterocycles. The predicted octanol–water partition coefficient (Wildman–Crippen LogP) is 3.01. The minimum absolute atomic E-state index is 0.00381. The van der Waals surface area contributed by atoms with Gasteiger partial charge >= 0.3 is 0 Å². The zero-order valence-corrected chi connectivity index (χ0v) is 19.2. The van der Waals surface area contributed by atoms with Crippen LogP contribution in [0, 0.1) is 0 Å². The first-order valence-electron chi connectivity index (χ1n) is 11.1. The highest BCUT2D eigenvalue weighted by molar-refractivity contribution is 7.20. The fraction of sp³-hybridized carbons (Fsp3) is 0.478. The molecule has 0 aliphatic carbocycles. The molecule has 0 radical (unpaired) electrons. The highest BCUT2D eigenvalue weighted by Crippen LogP contribution is 2.46. The van der Waals surface area contributed by atoms with E-state index < -0.39 is 0 Å². The summed E-state index contributed by atoms with van der Waals surface area (Å²) >= 11 is 1.32. The van der Waals surface area contributed by atoms with E-state index in [-0.39, 0.29) is 17.4 Å². The molecule has 0 saturated carbocycles. The van der Waals surface area contributed by atoms with Gasteiger partial charge in [0.1, 0.15) is 16.7 Å². The van der Waals surface area contributed by atoms with Gasteiger partial charge in [0, 0.05) is 36.9 Å². The van der Waals surface area contributed by atoms with Crippen molar-refractivity contribution in [1.29, 1.82) is 0 Å². The number of carbonyl (C=O) groups excluding carboxylic acids is 1. The number of amides is 1. The molecule has 2 N–H and O–H groups in total. The molecule has 1 unspecified atom stereocenters. The van der Waals surface area contributed by atoms with Crippen LogP contribution in [0.15, 0.2) is 30.6 Å². The summed E-state index contributed by atoms with van der Waals surface area (Å²) in [6.45, 7) is 5.41. The van der Waals surface area contributed by atoms with E-state index in [1.165, 1.54) is 16.9 Å². The Labute approximate surface area is 191 Å². The first kappa shape index (κ1) is 21.2. The summed E-state index contributed by atoms with van der Waals surface area (Å²) in [7, 11) is 1.98. The first-order valence-corrected chi connectivity index (χ1v) is 11.9. The summed E-state index contributed by atoms with van der Waals surface area (Å²) in [4.78, 5) is 29.6. The average molecular weight is 453 g/mol. The van der Waals surface area contributed by atoms with Gasteiger partial charge in [-0.15, -0.1) is 0 Å². The number of para-hydroxylation sites is 1. The zero-order valence-electron chi connectivity index (χ0n) is 18.4. The monoisotopic (exact) mass is 452 g/mol. The van der Waals surface area contributed by atoms with Crippen molar-refractivity contribution in [2.75, 3.05) is 38.3 Å². The Kier molecular flexibility index (Phi) is 5.79. The van der Waals surface area contributed by atoms with E-state index in [1.807, 2.05) is 7.05 Å². The van der Waals surface area contributed by atoms with Crippen LogP contribution >= 0.6 is 11.3 Å². The van der Waals surface area contributed by atoms with E-state index in [4.69, 9.17) is 9.72 Å².